The molecule has 8 heteroatoms. The fourth-order valence-corrected chi connectivity index (χ4v) is 2.36. The van der Waals surface area contributed by atoms with E-state index in [1.54, 1.807) is 32.1 Å². The topological polar surface area (TPSA) is 73.3 Å². The number of aromatic nitrogens is 2. The lowest BCUT2D eigenvalue weighted by molar-refractivity contribution is 0.0531. The van der Waals surface area contributed by atoms with E-state index in [1.165, 1.54) is 12.4 Å². The number of alkyl carbamates (subject to hydrolysis) is 1. The van der Waals surface area contributed by atoms with Crippen molar-refractivity contribution in [3.63, 3.8) is 0 Å². The Morgan fingerprint density at radius 2 is 2.08 bits per heavy atom. The van der Waals surface area contributed by atoms with Crippen LogP contribution in [0.1, 0.15) is 20.8 Å². The number of hydrogen-bond acceptors (Lipinski definition) is 6. The molecule has 0 aliphatic rings. The van der Waals surface area contributed by atoms with Crippen LogP contribution in [-0.2, 0) is 4.74 Å². The molecule has 0 radical (unpaired) electrons. The molecule has 0 aromatic carbocycles. The summed E-state index contributed by atoms with van der Waals surface area (Å²) >= 11 is 1.56. The van der Waals surface area contributed by atoms with Gasteiger partial charge < -0.3 is 14.8 Å². The molecule has 1 amide bonds. The lowest BCUT2D eigenvalue weighted by Crippen LogP contribution is -2.34. The smallest absolute Gasteiger partial charge is 0.407 e. The van der Waals surface area contributed by atoms with Gasteiger partial charge in [0.1, 0.15) is 12.2 Å². The predicted octanol–water partition coefficient (Wildman–Crippen LogP) is 3.96. The molecule has 6 nitrogen and oxygen atoms in total. The molecule has 0 aliphatic carbocycles. The fraction of sp³-hybridized carbons (Fsp3) is 0.353. The predicted molar refractivity (Wildman–Crippen MR) is 94.3 cm³/mol. The van der Waals surface area contributed by atoms with E-state index in [4.69, 9.17) is 9.47 Å². The quantitative estimate of drug-likeness (QED) is 0.839. The van der Waals surface area contributed by atoms with Crippen LogP contribution >= 0.6 is 11.3 Å². The molecule has 0 bridgehead atoms. The summed E-state index contributed by atoms with van der Waals surface area (Å²) in [5.74, 6) is 1.01. The Kier molecular flexibility index (Phi) is 6.46. The molecule has 0 saturated heterocycles. The molecule has 2 aromatic rings. The fourth-order valence-electron chi connectivity index (χ4n) is 1.73. The normalized spacial score (nSPS) is 11.9. The largest absolute Gasteiger partial charge is 0.486 e. The van der Waals surface area contributed by atoms with Gasteiger partial charge in [0.05, 0.1) is 18.7 Å². The van der Waals surface area contributed by atoms with Gasteiger partial charge in [-0.3, -0.25) is 0 Å². The number of rotatable bonds is 6. The molecule has 25 heavy (non-hydrogen) atoms. The Bertz CT molecular complexity index is 710. The highest BCUT2D eigenvalue weighted by Crippen LogP contribution is 2.19. The Balaban J connectivity index is 1.81. The van der Waals surface area contributed by atoms with Gasteiger partial charge in [0.15, 0.2) is 11.6 Å². The number of thiophene rings is 1. The average Bonchev–Trinajstić information content (AvgIpc) is 3.08. The molecule has 0 fully saturated rings. The van der Waals surface area contributed by atoms with Crippen molar-refractivity contribution in [2.45, 2.75) is 26.4 Å². The lowest BCUT2D eigenvalue weighted by atomic mass is 10.2. The maximum atomic E-state index is 12.9. The Hall–Kier alpha value is -2.48. The SMILES string of the molecule is CC(C)(C)OC(=O)NC/C(=C/F)COc1cnc(-c2ccsc2)nc1. The highest BCUT2D eigenvalue weighted by atomic mass is 32.1. The molecule has 134 valence electrons. The van der Waals surface area contributed by atoms with E-state index in [2.05, 4.69) is 15.3 Å². The number of amides is 1. The number of nitrogens with zero attached hydrogens (tertiary/aromatic N) is 2. The van der Waals surface area contributed by atoms with E-state index in [1.807, 2.05) is 16.8 Å². The van der Waals surface area contributed by atoms with Crippen molar-refractivity contribution < 1.29 is 18.7 Å². The molecule has 2 rings (SSSR count). The van der Waals surface area contributed by atoms with Gasteiger partial charge in [-0.2, -0.15) is 11.3 Å². The Morgan fingerprint density at radius 3 is 2.64 bits per heavy atom. The van der Waals surface area contributed by atoms with Crippen LogP contribution in [0.25, 0.3) is 11.4 Å². The van der Waals surface area contributed by atoms with E-state index in [-0.39, 0.29) is 18.7 Å². The molecule has 1 N–H and O–H groups in total. The summed E-state index contributed by atoms with van der Waals surface area (Å²) in [4.78, 5) is 20.0. The van der Waals surface area contributed by atoms with Gasteiger partial charge in [-0.1, -0.05) is 0 Å². The van der Waals surface area contributed by atoms with Gasteiger partial charge in [0.2, 0.25) is 0 Å². The number of halogens is 1. The van der Waals surface area contributed by atoms with Gasteiger partial charge in [0, 0.05) is 23.1 Å². The zero-order valence-corrected chi connectivity index (χ0v) is 15.1. The van der Waals surface area contributed by atoms with Crippen LogP contribution in [0, 0.1) is 0 Å². The van der Waals surface area contributed by atoms with Crippen molar-refractivity contribution >= 4 is 17.4 Å². The van der Waals surface area contributed by atoms with E-state index in [9.17, 15) is 9.18 Å². The second kappa shape index (κ2) is 8.57. The van der Waals surface area contributed by atoms with Crippen LogP contribution in [-0.4, -0.2) is 34.8 Å². The van der Waals surface area contributed by atoms with Crippen LogP contribution in [0.5, 0.6) is 5.75 Å². The third kappa shape index (κ3) is 6.50. The molecule has 2 aromatic heterocycles. The van der Waals surface area contributed by atoms with Gasteiger partial charge in [-0.25, -0.2) is 19.2 Å². The minimum Gasteiger partial charge on any atom is -0.486 e. The van der Waals surface area contributed by atoms with Gasteiger partial charge in [-0.15, -0.1) is 0 Å². The maximum Gasteiger partial charge on any atom is 0.407 e. The molecule has 0 unspecified atom stereocenters. The summed E-state index contributed by atoms with van der Waals surface area (Å²) in [5, 5.41) is 6.36. The van der Waals surface area contributed by atoms with Gasteiger partial charge >= 0.3 is 6.09 Å². The summed E-state index contributed by atoms with van der Waals surface area (Å²) in [6, 6.07) is 1.92. The minimum absolute atomic E-state index is 0.0146. The third-order valence-corrected chi connectivity index (χ3v) is 3.53. The zero-order valence-electron chi connectivity index (χ0n) is 14.3. The van der Waals surface area contributed by atoms with Crippen LogP contribution in [0.15, 0.2) is 41.1 Å². The molecule has 0 spiro atoms. The van der Waals surface area contributed by atoms with Crippen molar-refractivity contribution in [2.24, 2.45) is 0 Å². The second-order valence-electron chi connectivity index (χ2n) is 6.17. The maximum absolute atomic E-state index is 12.9. The highest BCUT2D eigenvalue weighted by molar-refractivity contribution is 7.08. The number of carbonyl (C=O) groups excluding carboxylic acids is 1. The van der Waals surface area contributed by atoms with E-state index < -0.39 is 11.7 Å². The number of ether oxygens (including phenoxy) is 2. The number of hydrogen-bond donors (Lipinski definition) is 1. The summed E-state index contributed by atoms with van der Waals surface area (Å²) < 4.78 is 23.5. The van der Waals surface area contributed by atoms with Crippen LogP contribution in [0.2, 0.25) is 0 Å². The van der Waals surface area contributed by atoms with Crippen LogP contribution in [0.4, 0.5) is 9.18 Å². The summed E-state index contributed by atoms with van der Waals surface area (Å²) in [6.45, 7) is 5.21. The van der Waals surface area contributed by atoms with E-state index >= 15 is 0 Å². The van der Waals surface area contributed by atoms with Gasteiger partial charge in [0.25, 0.3) is 0 Å². The van der Waals surface area contributed by atoms with Crippen molar-refractivity contribution in [1.82, 2.24) is 15.3 Å². The van der Waals surface area contributed by atoms with E-state index in [0.717, 1.165) is 5.56 Å². The third-order valence-electron chi connectivity index (χ3n) is 2.84. The standard InChI is InChI=1S/C17H20FN3O3S/c1-17(2,3)24-16(22)21-7-12(6-18)10-23-14-8-19-15(20-9-14)13-4-5-25-11-13/h4-6,8-9,11H,7,10H2,1-3H3,(H,21,22)/b12-6-. The first-order valence-electron chi connectivity index (χ1n) is 7.60. The second-order valence-corrected chi connectivity index (χ2v) is 6.95. The summed E-state index contributed by atoms with van der Waals surface area (Å²) in [7, 11) is 0. The minimum atomic E-state index is -0.615. The first-order chi connectivity index (χ1) is 11.9. The number of carbonyl (C=O) groups is 1. The van der Waals surface area contributed by atoms with E-state index in [0.29, 0.717) is 17.9 Å². The molecule has 0 aliphatic heterocycles. The van der Waals surface area contributed by atoms with Crippen molar-refractivity contribution in [2.75, 3.05) is 13.2 Å². The molecule has 0 atom stereocenters. The van der Waals surface area contributed by atoms with Gasteiger partial charge in [-0.05, 0) is 32.2 Å². The molecular weight excluding hydrogens is 345 g/mol. The van der Waals surface area contributed by atoms with Crippen molar-refractivity contribution in [3.05, 3.63) is 41.1 Å². The highest BCUT2D eigenvalue weighted by Gasteiger charge is 2.16. The lowest BCUT2D eigenvalue weighted by Gasteiger charge is -2.20. The van der Waals surface area contributed by atoms with Crippen molar-refractivity contribution in [1.29, 1.82) is 0 Å². The van der Waals surface area contributed by atoms with Crippen LogP contribution in [0.3, 0.4) is 0 Å². The zero-order chi connectivity index (χ0) is 18.3. The molecular formula is C17H20FN3O3S. The molecule has 2 heterocycles. The monoisotopic (exact) mass is 365 g/mol. The van der Waals surface area contributed by atoms with Crippen LogP contribution < -0.4 is 10.1 Å². The molecule has 0 saturated carbocycles. The first-order valence-corrected chi connectivity index (χ1v) is 8.54. The summed E-state index contributed by atoms with van der Waals surface area (Å²) in [6.07, 6.45) is 2.84. The Labute approximate surface area is 149 Å². The first kappa shape index (κ1) is 18.9. The summed E-state index contributed by atoms with van der Waals surface area (Å²) in [5.41, 5.74) is 0.581. The number of nitrogens with one attached hydrogen (secondary N) is 1. The van der Waals surface area contributed by atoms with Crippen molar-refractivity contribution in [3.8, 4) is 17.1 Å². The average molecular weight is 365 g/mol. The Morgan fingerprint density at radius 1 is 1.36 bits per heavy atom.